The number of fused-ring (bicyclic) bond motifs is 1. The van der Waals surface area contributed by atoms with E-state index in [-0.39, 0.29) is 17.2 Å². The highest BCUT2D eigenvalue weighted by atomic mass is 32.2. The van der Waals surface area contributed by atoms with E-state index in [1.54, 1.807) is 6.07 Å². The van der Waals surface area contributed by atoms with Crippen LogP contribution in [-0.4, -0.2) is 25.0 Å². The van der Waals surface area contributed by atoms with Gasteiger partial charge in [0.05, 0.1) is 5.69 Å². The average Bonchev–Trinajstić information content (AvgIpc) is 2.37. The molecule has 1 aliphatic heterocycles. The minimum atomic E-state index is -5.98. The van der Waals surface area contributed by atoms with Crippen molar-refractivity contribution in [1.29, 1.82) is 0 Å². The van der Waals surface area contributed by atoms with Crippen LogP contribution in [0.3, 0.4) is 0 Å². The summed E-state index contributed by atoms with van der Waals surface area (Å²) in [5.41, 5.74) is -6.02. The lowest BCUT2D eigenvalue weighted by Gasteiger charge is -2.28. The van der Waals surface area contributed by atoms with Crippen molar-refractivity contribution in [3.63, 3.8) is 0 Å². The highest BCUT2D eigenvalue weighted by Gasteiger charge is 2.50. The summed E-state index contributed by atoms with van der Waals surface area (Å²) in [5, 5.41) is 9.12. The molecule has 114 valence electrons. The number of carbonyl (C=O) groups is 1. The Bertz CT molecular complexity index is 711. The first kappa shape index (κ1) is 15.3. The van der Waals surface area contributed by atoms with Crippen molar-refractivity contribution in [2.75, 3.05) is 5.06 Å². The molecule has 1 aromatic rings. The van der Waals surface area contributed by atoms with Gasteiger partial charge in [0.15, 0.2) is 5.70 Å². The van der Waals surface area contributed by atoms with Crippen molar-refractivity contribution in [2.24, 2.45) is 0 Å². The number of hydrogen-bond acceptors (Lipinski definition) is 5. The zero-order valence-corrected chi connectivity index (χ0v) is 11.0. The number of hydrogen-bond donors (Lipinski definition) is 1. The van der Waals surface area contributed by atoms with Crippen molar-refractivity contribution >= 4 is 21.8 Å². The molecule has 1 N–H and O–H groups in total. The molecule has 0 aromatic heterocycles. The van der Waals surface area contributed by atoms with Crippen LogP contribution >= 0.6 is 0 Å². The lowest BCUT2D eigenvalue weighted by Crippen LogP contribution is -2.38. The highest BCUT2D eigenvalue weighted by Crippen LogP contribution is 2.34. The zero-order valence-electron chi connectivity index (χ0n) is 10.2. The van der Waals surface area contributed by atoms with Crippen molar-refractivity contribution < 1.29 is 35.8 Å². The Morgan fingerprint density at radius 3 is 2.48 bits per heavy atom. The Morgan fingerprint density at radius 1 is 1.29 bits per heavy atom. The fraction of sp³-hybridized carbons (Fsp3) is 0.182. The number of alkyl halides is 3. The van der Waals surface area contributed by atoms with E-state index in [0.29, 0.717) is 5.56 Å². The van der Waals surface area contributed by atoms with Crippen LogP contribution in [-0.2, 0) is 25.6 Å². The van der Waals surface area contributed by atoms with Gasteiger partial charge in [0.1, 0.15) is 0 Å². The van der Waals surface area contributed by atoms with Crippen LogP contribution in [0.15, 0.2) is 36.0 Å². The molecule has 1 aliphatic rings. The van der Waals surface area contributed by atoms with Crippen LogP contribution in [0.1, 0.15) is 5.56 Å². The van der Waals surface area contributed by atoms with Gasteiger partial charge >= 0.3 is 21.6 Å². The molecule has 21 heavy (non-hydrogen) atoms. The summed E-state index contributed by atoms with van der Waals surface area (Å²) in [6.07, 6.45) is 1.19. The molecule has 0 amide bonds. The Morgan fingerprint density at radius 2 is 1.90 bits per heavy atom. The molecule has 1 aromatic carbocycles. The standard InChI is InChI=1S/C11H8F3NO5S/c12-11(13,14)21(18,19)20-15-8-4-2-1-3-7(8)5-6-9(15)10(16)17/h1-4,6H,5H2,(H,16,17). The number of para-hydroxylation sites is 1. The number of nitrogens with zero attached hydrogens (tertiary/aromatic N) is 1. The second-order valence-electron chi connectivity index (χ2n) is 4.00. The van der Waals surface area contributed by atoms with Crippen LogP contribution in [0, 0.1) is 0 Å². The minimum absolute atomic E-state index is 0.0785. The van der Waals surface area contributed by atoms with Gasteiger partial charge in [-0.3, -0.25) is 0 Å². The van der Waals surface area contributed by atoms with E-state index >= 15 is 0 Å². The molecule has 10 heteroatoms. The average molecular weight is 323 g/mol. The number of anilines is 1. The number of benzene rings is 1. The molecule has 0 bridgehead atoms. The molecule has 0 aliphatic carbocycles. The second-order valence-corrected chi connectivity index (χ2v) is 5.52. The predicted molar refractivity (Wildman–Crippen MR) is 64.4 cm³/mol. The lowest BCUT2D eigenvalue weighted by molar-refractivity contribution is -0.133. The van der Waals surface area contributed by atoms with Gasteiger partial charge in [0, 0.05) is 0 Å². The number of carboxylic acid groups (broad SMARTS) is 1. The summed E-state index contributed by atoms with van der Waals surface area (Å²) in [6, 6.07) is 5.77. The van der Waals surface area contributed by atoms with Gasteiger partial charge < -0.3 is 5.11 Å². The van der Waals surface area contributed by atoms with Gasteiger partial charge in [-0.25, -0.2) is 4.79 Å². The van der Waals surface area contributed by atoms with Gasteiger partial charge in [0.25, 0.3) is 0 Å². The maximum Gasteiger partial charge on any atom is 0.525 e. The maximum atomic E-state index is 12.4. The summed E-state index contributed by atoms with van der Waals surface area (Å²) < 4.78 is 63.3. The fourth-order valence-corrected chi connectivity index (χ4v) is 2.14. The third-order valence-electron chi connectivity index (χ3n) is 2.62. The molecule has 0 saturated heterocycles. The second kappa shape index (κ2) is 5.04. The van der Waals surface area contributed by atoms with Gasteiger partial charge in [-0.15, -0.1) is 4.28 Å². The van der Waals surface area contributed by atoms with Crippen LogP contribution in [0.25, 0.3) is 0 Å². The van der Waals surface area contributed by atoms with E-state index in [4.69, 9.17) is 5.11 Å². The van der Waals surface area contributed by atoms with Crippen LogP contribution in [0.4, 0.5) is 18.9 Å². The molecule has 0 radical (unpaired) electrons. The largest absolute Gasteiger partial charge is 0.525 e. The third kappa shape index (κ3) is 2.85. The number of rotatable bonds is 3. The van der Waals surface area contributed by atoms with Crippen molar-refractivity contribution in [1.82, 2.24) is 0 Å². The lowest BCUT2D eigenvalue weighted by atomic mass is 10.0. The first-order valence-electron chi connectivity index (χ1n) is 5.46. The van der Waals surface area contributed by atoms with Gasteiger partial charge in [-0.2, -0.15) is 26.7 Å². The van der Waals surface area contributed by atoms with Crippen LogP contribution < -0.4 is 5.06 Å². The molecule has 2 rings (SSSR count). The summed E-state index contributed by atoms with van der Waals surface area (Å²) in [5.74, 6) is -1.61. The molecule has 0 saturated carbocycles. The van der Waals surface area contributed by atoms with E-state index in [1.807, 2.05) is 0 Å². The smallest absolute Gasteiger partial charge is 0.477 e. The molecular formula is C11H8F3NO5S. The Balaban J connectivity index is 2.49. The number of hydroxylamine groups is 1. The predicted octanol–water partition coefficient (Wildman–Crippen LogP) is 1.80. The summed E-state index contributed by atoms with van der Waals surface area (Å²) >= 11 is 0. The number of allylic oxidation sites excluding steroid dienone is 1. The number of aliphatic carboxylic acids is 1. The first-order chi connectivity index (χ1) is 9.63. The quantitative estimate of drug-likeness (QED) is 0.854. The van der Waals surface area contributed by atoms with Gasteiger partial charge in [-0.05, 0) is 24.1 Å². The molecule has 6 nitrogen and oxygen atoms in total. The zero-order chi connectivity index (χ0) is 15.8. The molecule has 0 fully saturated rings. The summed E-state index contributed by atoms with van der Waals surface area (Å²) in [4.78, 5) is 11.0. The Hall–Kier alpha value is -2.07. The van der Waals surface area contributed by atoms with Crippen molar-refractivity contribution in [2.45, 2.75) is 11.9 Å². The third-order valence-corrected chi connectivity index (χ3v) is 3.53. The number of carboxylic acids is 1. The number of halogens is 3. The SMILES string of the molecule is O=C(O)C1=CCc2ccccc2N1OS(=O)(=O)C(F)(F)F. The topological polar surface area (TPSA) is 83.9 Å². The summed E-state index contributed by atoms with van der Waals surface area (Å²) in [6.45, 7) is 0. The van der Waals surface area contributed by atoms with Crippen molar-refractivity contribution in [3.05, 3.63) is 41.6 Å². The fourth-order valence-electron chi connectivity index (χ4n) is 1.70. The van der Waals surface area contributed by atoms with E-state index < -0.39 is 27.3 Å². The normalized spacial score (nSPS) is 15.4. The molecule has 0 unspecified atom stereocenters. The van der Waals surface area contributed by atoms with Crippen LogP contribution in [0.5, 0.6) is 0 Å². The van der Waals surface area contributed by atoms with E-state index in [1.165, 1.54) is 18.2 Å². The van der Waals surface area contributed by atoms with Gasteiger partial charge in [0.2, 0.25) is 0 Å². The van der Waals surface area contributed by atoms with E-state index in [2.05, 4.69) is 4.28 Å². The highest BCUT2D eigenvalue weighted by molar-refractivity contribution is 7.87. The summed E-state index contributed by atoms with van der Waals surface area (Å²) in [7, 11) is -5.98. The van der Waals surface area contributed by atoms with E-state index in [9.17, 15) is 26.4 Å². The van der Waals surface area contributed by atoms with E-state index in [0.717, 1.165) is 6.08 Å². The molecule has 0 spiro atoms. The molecule has 0 atom stereocenters. The minimum Gasteiger partial charge on any atom is -0.477 e. The monoisotopic (exact) mass is 323 g/mol. The Labute approximate surface area is 117 Å². The first-order valence-corrected chi connectivity index (χ1v) is 6.86. The Kier molecular flexibility index (Phi) is 3.68. The maximum absolute atomic E-state index is 12.4. The van der Waals surface area contributed by atoms with Crippen LogP contribution in [0.2, 0.25) is 0 Å². The van der Waals surface area contributed by atoms with Crippen molar-refractivity contribution in [3.8, 4) is 0 Å². The van der Waals surface area contributed by atoms with Gasteiger partial charge in [-0.1, -0.05) is 18.2 Å². The molecule has 1 heterocycles. The molecular weight excluding hydrogens is 315 g/mol.